The van der Waals surface area contributed by atoms with Gasteiger partial charge in [0.15, 0.2) is 11.5 Å². The van der Waals surface area contributed by atoms with Crippen LogP contribution in [-0.4, -0.2) is 20.3 Å². The zero-order valence-electron chi connectivity index (χ0n) is 10.0. The second kappa shape index (κ2) is 4.20. The first kappa shape index (κ1) is 10.9. The first-order valence-corrected chi connectivity index (χ1v) is 6.57. The first-order chi connectivity index (χ1) is 8.29. The lowest BCUT2D eigenvalue weighted by molar-refractivity contribution is 0.172. The number of rotatable bonds is 2. The molecule has 17 heavy (non-hydrogen) atoms. The van der Waals surface area contributed by atoms with Crippen LogP contribution in [0.3, 0.4) is 0 Å². The van der Waals surface area contributed by atoms with Gasteiger partial charge in [0, 0.05) is 22.2 Å². The van der Waals surface area contributed by atoms with E-state index >= 15 is 0 Å². The van der Waals surface area contributed by atoms with E-state index in [1.54, 1.807) is 0 Å². The molecule has 0 aliphatic carbocycles. The summed E-state index contributed by atoms with van der Waals surface area (Å²) in [5, 5.41) is 4.49. The van der Waals surface area contributed by atoms with Gasteiger partial charge in [-0.1, -0.05) is 0 Å². The van der Waals surface area contributed by atoms with Gasteiger partial charge < -0.3 is 14.8 Å². The van der Waals surface area contributed by atoms with Crippen molar-refractivity contribution in [1.29, 1.82) is 0 Å². The van der Waals surface area contributed by atoms with Gasteiger partial charge in [-0.05, 0) is 31.0 Å². The predicted molar refractivity (Wildman–Crippen MR) is 70.3 cm³/mol. The molecule has 1 aliphatic heterocycles. The molecule has 0 saturated carbocycles. The quantitative estimate of drug-likeness (QED) is 0.887. The molecule has 0 radical (unpaired) electrons. The highest BCUT2D eigenvalue weighted by Crippen LogP contribution is 2.40. The largest absolute Gasteiger partial charge is 0.486 e. The molecule has 1 aromatic heterocycles. The molecule has 0 saturated heterocycles. The molecular weight excluding hydrogens is 234 g/mol. The van der Waals surface area contributed by atoms with Crippen LogP contribution in [0.5, 0.6) is 11.5 Å². The summed E-state index contributed by atoms with van der Waals surface area (Å²) >= 11 is 1.82. The Kier molecular flexibility index (Phi) is 2.68. The number of aryl methyl sites for hydroxylation is 1. The smallest absolute Gasteiger partial charge is 0.162 e. The van der Waals surface area contributed by atoms with Gasteiger partial charge in [0.05, 0.1) is 0 Å². The molecule has 0 atom stereocenters. The second-order valence-electron chi connectivity index (χ2n) is 4.17. The average molecular weight is 249 g/mol. The standard InChI is InChI=1S/C13H15NO2S/c1-8-9-5-10-11(16-4-3-15-10)6-12(9)17-13(8)7-14-2/h5-6,14H,3-4,7H2,1-2H3. The number of ether oxygens (including phenoxy) is 2. The Morgan fingerprint density at radius 3 is 2.65 bits per heavy atom. The molecule has 1 aromatic carbocycles. The van der Waals surface area contributed by atoms with Crippen molar-refractivity contribution in [3.8, 4) is 11.5 Å². The minimum absolute atomic E-state index is 0.644. The molecule has 4 heteroatoms. The lowest BCUT2D eigenvalue weighted by Gasteiger charge is -2.18. The van der Waals surface area contributed by atoms with Gasteiger partial charge in [-0.3, -0.25) is 0 Å². The summed E-state index contributed by atoms with van der Waals surface area (Å²) in [7, 11) is 1.97. The van der Waals surface area contributed by atoms with Crippen LogP contribution >= 0.6 is 11.3 Å². The first-order valence-electron chi connectivity index (χ1n) is 5.76. The maximum atomic E-state index is 5.62. The third kappa shape index (κ3) is 1.77. The highest BCUT2D eigenvalue weighted by molar-refractivity contribution is 7.19. The van der Waals surface area contributed by atoms with Gasteiger partial charge in [-0.2, -0.15) is 0 Å². The number of thiophene rings is 1. The van der Waals surface area contributed by atoms with Crippen molar-refractivity contribution >= 4 is 21.4 Å². The fourth-order valence-corrected chi connectivity index (χ4v) is 3.37. The third-order valence-corrected chi connectivity index (χ3v) is 4.29. The van der Waals surface area contributed by atoms with Crippen molar-refractivity contribution in [2.45, 2.75) is 13.5 Å². The Balaban J connectivity index is 2.16. The van der Waals surface area contributed by atoms with Gasteiger partial charge in [-0.25, -0.2) is 0 Å². The molecule has 0 amide bonds. The zero-order chi connectivity index (χ0) is 11.8. The lowest BCUT2D eigenvalue weighted by Crippen LogP contribution is -2.15. The van der Waals surface area contributed by atoms with E-state index in [1.165, 1.54) is 20.5 Å². The molecular formula is C13H15NO2S. The summed E-state index contributed by atoms with van der Waals surface area (Å²) in [5.74, 6) is 1.75. The highest BCUT2D eigenvalue weighted by atomic mass is 32.1. The molecule has 1 aliphatic rings. The number of hydrogen-bond donors (Lipinski definition) is 1. The molecule has 0 fully saturated rings. The number of fused-ring (bicyclic) bond motifs is 2. The van der Waals surface area contributed by atoms with Gasteiger partial charge in [0.25, 0.3) is 0 Å². The van der Waals surface area contributed by atoms with E-state index in [0.29, 0.717) is 13.2 Å². The topological polar surface area (TPSA) is 30.5 Å². The molecule has 1 N–H and O–H groups in total. The van der Waals surface area contributed by atoms with E-state index in [9.17, 15) is 0 Å². The minimum Gasteiger partial charge on any atom is -0.486 e. The summed E-state index contributed by atoms with van der Waals surface area (Å²) in [6.07, 6.45) is 0. The molecule has 0 bridgehead atoms. The summed E-state index contributed by atoms with van der Waals surface area (Å²) in [4.78, 5) is 1.38. The van der Waals surface area contributed by atoms with E-state index in [4.69, 9.17) is 9.47 Å². The molecule has 90 valence electrons. The predicted octanol–water partition coefficient (Wildman–Crippen LogP) is 2.70. The van der Waals surface area contributed by atoms with Gasteiger partial charge in [-0.15, -0.1) is 11.3 Å². The van der Waals surface area contributed by atoms with E-state index in [1.807, 2.05) is 18.4 Å². The Morgan fingerprint density at radius 1 is 1.24 bits per heavy atom. The van der Waals surface area contributed by atoms with E-state index < -0.39 is 0 Å². The van der Waals surface area contributed by atoms with Crippen LogP contribution in [0.25, 0.3) is 10.1 Å². The third-order valence-electron chi connectivity index (χ3n) is 3.04. The van der Waals surface area contributed by atoms with Crippen LogP contribution in [0, 0.1) is 6.92 Å². The van der Waals surface area contributed by atoms with Gasteiger partial charge in [0.1, 0.15) is 13.2 Å². The van der Waals surface area contributed by atoms with E-state index in [0.717, 1.165) is 18.0 Å². The monoisotopic (exact) mass is 249 g/mol. The van der Waals surface area contributed by atoms with Crippen LogP contribution in [-0.2, 0) is 6.54 Å². The summed E-state index contributed by atoms with van der Waals surface area (Å²) in [6, 6.07) is 4.20. The van der Waals surface area contributed by atoms with Crippen LogP contribution < -0.4 is 14.8 Å². The Morgan fingerprint density at radius 2 is 1.94 bits per heavy atom. The molecule has 2 aromatic rings. The van der Waals surface area contributed by atoms with E-state index in [2.05, 4.69) is 24.4 Å². The maximum absolute atomic E-state index is 5.62. The normalized spacial score (nSPS) is 14.2. The van der Waals surface area contributed by atoms with Crippen LogP contribution in [0.15, 0.2) is 12.1 Å². The van der Waals surface area contributed by atoms with Crippen LogP contribution in [0.4, 0.5) is 0 Å². The second-order valence-corrected chi connectivity index (χ2v) is 5.31. The Hall–Kier alpha value is -1.26. The Bertz CT molecular complexity index is 562. The van der Waals surface area contributed by atoms with Crippen LogP contribution in [0.2, 0.25) is 0 Å². The van der Waals surface area contributed by atoms with Crippen molar-refractivity contribution in [2.24, 2.45) is 0 Å². The Labute approximate surface area is 104 Å². The number of benzene rings is 1. The molecule has 0 spiro atoms. The maximum Gasteiger partial charge on any atom is 0.162 e. The fourth-order valence-electron chi connectivity index (χ4n) is 2.14. The van der Waals surface area contributed by atoms with Gasteiger partial charge in [0.2, 0.25) is 0 Å². The number of nitrogens with one attached hydrogen (secondary N) is 1. The zero-order valence-corrected chi connectivity index (χ0v) is 10.8. The summed E-state index contributed by atoms with van der Waals surface area (Å²) in [6.45, 7) is 4.37. The minimum atomic E-state index is 0.644. The van der Waals surface area contributed by atoms with Crippen molar-refractivity contribution in [3.05, 3.63) is 22.6 Å². The molecule has 3 rings (SSSR count). The summed E-state index contributed by atoms with van der Waals surface area (Å²) < 4.78 is 12.5. The summed E-state index contributed by atoms with van der Waals surface area (Å²) in [5.41, 5.74) is 1.34. The number of hydrogen-bond acceptors (Lipinski definition) is 4. The van der Waals surface area contributed by atoms with Crippen LogP contribution in [0.1, 0.15) is 10.4 Å². The fraction of sp³-hybridized carbons (Fsp3) is 0.385. The van der Waals surface area contributed by atoms with Crippen molar-refractivity contribution in [2.75, 3.05) is 20.3 Å². The van der Waals surface area contributed by atoms with Gasteiger partial charge >= 0.3 is 0 Å². The lowest BCUT2D eigenvalue weighted by atomic mass is 10.1. The van der Waals surface area contributed by atoms with Crippen molar-refractivity contribution in [1.82, 2.24) is 5.32 Å². The SMILES string of the molecule is CNCc1sc2cc3c(cc2c1C)OCCO3. The van der Waals surface area contributed by atoms with Crippen molar-refractivity contribution < 1.29 is 9.47 Å². The highest BCUT2D eigenvalue weighted by Gasteiger charge is 2.16. The molecule has 3 nitrogen and oxygen atoms in total. The van der Waals surface area contributed by atoms with Crippen molar-refractivity contribution in [3.63, 3.8) is 0 Å². The molecule has 0 unspecified atom stereocenters. The van der Waals surface area contributed by atoms with E-state index in [-0.39, 0.29) is 0 Å². The molecule has 2 heterocycles. The average Bonchev–Trinajstić information content (AvgIpc) is 2.64.